The van der Waals surface area contributed by atoms with Crippen molar-refractivity contribution in [2.75, 3.05) is 13.2 Å². The molecule has 128 valence electrons. The number of hydrogen-bond donors (Lipinski definition) is 1. The largest absolute Gasteiger partial charge is 0.494 e. The van der Waals surface area contributed by atoms with Crippen LogP contribution in [0.1, 0.15) is 36.5 Å². The lowest BCUT2D eigenvalue weighted by Gasteiger charge is -2.08. The smallest absolute Gasteiger partial charge is 0.220 e. The van der Waals surface area contributed by atoms with Crippen LogP contribution in [0.5, 0.6) is 5.75 Å². The number of benzene rings is 1. The lowest BCUT2D eigenvalue weighted by Crippen LogP contribution is -2.25. The van der Waals surface area contributed by atoms with E-state index in [0.29, 0.717) is 37.3 Å². The maximum atomic E-state index is 11.7. The van der Waals surface area contributed by atoms with Gasteiger partial charge in [0.1, 0.15) is 5.75 Å². The van der Waals surface area contributed by atoms with Crippen LogP contribution in [0.25, 0.3) is 0 Å². The molecule has 0 bridgehead atoms. The Hall–Kier alpha value is -2.63. The third kappa shape index (κ3) is 6.24. The summed E-state index contributed by atoms with van der Waals surface area (Å²) in [5, 5.41) is 2.90. The second-order valence-electron chi connectivity index (χ2n) is 5.54. The highest BCUT2D eigenvalue weighted by atomic mass is 16.5. The SMILES string of the molecule is CC(=O)c1ccc(OCCCC(=O)NCCCn2ccnc2)cc1. The van der Waals surface area contributed by atoms with E-state index in [4.69, 9.17) is 4.74 Å². The molecule has 0 aliphatic carbocycles. The highest BCUT2D eigenvalue weighted by Crippen LogP contribution is 2.13. The van der Waals surface area contributed by atoms with Gasteiger partial charge in [-0.3, -0.25) is 9.59 Å². The highest BCUT2D eigenvalue weighted by molar-refractivity contribution is 5.94. The van der Waals surface area contributed by atoms with Gasteiger partial charge >= 0.3 is 0 Å². The fraction of sp³-hybridized carbons (Fsp3) is 0.389. The van der Waals surface area contributed by atoms with E-state index in [-0.39, 0.29) is 11.7 Å². The Bertz CT molecular complexity index is 636. The summed E-state index contributed by atoms with van der Waals surface area (Å²) in [5.41, 5.74) is 0.664. The minimum absolute atomic E-state index is 0.0336. The third-order valence-electron chi connectivity index (χ3n) is 3.55. The molecule has 2 rings (SSSR count). The van der Waals surface area contributed by atoms with Crippen molar-refractivity contribution in [2.45, 2.75) is 32.7 Å². The minimum Gasteiger partial charge on any atom is -0.494 e. The number of imidazole rings is 1. The molecule has 0 radical (unpaired) electrons. The second-order valence-corrected chi connectivity index (χ2v) is 5.54. The number of Topliss-reactive ketones (excluding diaryl/α,β-unsaturated/α-hetero) is 1. The lowest BCUT2D eigenvalue weighted by molar-refractivity contribution is -0.121. The Morgan fingerprint density at radius 2 is 2.00 bits per heavy atom. The summed E-state index contributed by atoms with van der Waals surface area (Å²) in [6.07, 6.45) is 7.38. The minimum atomic E-state index is 0.0336. The van der Waals surface area contributed by atoms with Crippen LogP contribution in [-0.2, 0) is 11.3 Å². The van der Waals surface area contributed by atoms with Crippen LogP contribution in [0.15, 0.2) is 43.0 Å². The molecule has 0 fully saturated rings. The van der Waals surface area contributed by atoms with Gasteiger partial charge < -0.3 is 14.6 Å². The second kappa shape index (κ2) is 9.50. The van der Waals surface area contributed by atoms with Gasteiger partial charge in [0.05, 0.1) is 12.9 Å². The number of carbonyl (C=O) groups is 2. The molecule has 1 N–H and O–H groups in total. The molecule has 0 saturated carbocycles. The average Bonchev–Trinajstić information content (AvgIpc) is 3.09. The van der Waals surface area contributed by atoms with E-state index in [0.717, 1.165) is 13.0 Å². The van der Waals surface area contributed by atoms with E-state index >= 15 is 0 Å². The Morgan fingerprint density at radius 1 is 1.21 bits per heavy atom. The van der Waals surface area contributed by atoms with Crippen LogP contribution in [0.3, 0.4) is 0 Å². The first-order valence-corrected chi connectivity index (χ1v) is 8.11. The number of rotatable bonds is 10. The van der Waals surface area contributed by atoms with Gasteiger partial charge in [-0.2, -0.15) is 0 Å². The molecule has 2 aromatic rings. The van der Waals surface area contributed by atoms with Gasteiger partial charge in [0, 0.05) is 37.5 Å². The predicted octanol–water partition coefficient (Wildman–Crippen LogP) is 2.45. The van der Waals surface area contributed by atoms with Crippen molar-refractivity contribution in [3.63, 3.8) is 0 Å². The number of ketones is 1. The fourth-order valence-corrected chi connectivity index (χ4v) is 2.21. The molecule has 6 nitrogen and oxygen atoms in total. The van der Waals surface area contributed by atoms with Crippen molar-refractivity contribution in [3.8, 4) is 5.75 Å². The van der Waals surface area contributed by atoms with Gasteiger partial charge in [-0.05, 0) is 44.0 Å². The maximum absolute atomic E-state index is 11.7. The van der Waals surface area contributed by atoms with Gasteiger partial charge in [-0.25, -0.2) is 4.98 Å². The zero-order valence-electron chi connectivity index (χ0n) is 13.9. The first-order valence-electron chi connectivity index (χ1n) is 8.11. The molecule has 1 aromatic heterocycles. The van der Waals surface area contributed by atoms with Gasteiger partial charge in [0.25, 0.3) is 0 Å². The Balaban J connectivity index is 1.53. The summed E-state index contributed by atoms with van der Waals surface area (Å²) in [7, 11) is 0. The standard InChI is InChI=1S/C18H23N3O3/c1-15(22)16-5-7-17(8-6-16)24-13-2-4-18(23)20-9-3-11-21-12-10-19-14-21/h5-8,10,12,14H,2-4,9,11,13H2,1H3,(H,20,23). The zero-order valence-corrected chi connectivity index (χ0v) is 13.9. The maximum Gasteiger partial charge on any atom is 0.220 e. The van der Waals surface area contributed by atoms with Crippen molar-refractivity contribution in [1.82, 2.24) is 14.9 Å². The molecule has 1 heterocycles. The first-order chi connectivity index (χ1) is 11.6. The third-order valence-corrected chi connectivity index (χ3v) is 3.55. The normalized spacial score (nSPS) is 10.4. The van der Waals surface area contributed by atoms with Gasteiger partial charge in [-0.1, -0.05) is 0 Å². The molecular formula is C18H23N3O3. The predicted molar refractivity (Wildman–Crippen MR) is 91.0 cm³/mol. The molecule has 0 atom stereocenters. The molecule has 24 heavy (non-hydrogen) atoms. The molecule has 0 unspecified atom stereocenters. The molecule has 6 heteroatoms. The Kier molecular flexibility index (Phi) is 7.01. The molecule has 1 aromatic carbocycles. The number of aromatic nitrogens is 2. The van der Waals surface area contributed by atoms with E-state index in [1.165, 1.54) is 6.92 Å². The van der Waals surface area contributed by atoms with Crippen molar-refractivity contribution in [2.24, 2.45) is 0 Å². The fourth-order valence-electron chi connectivity index (χ4n) is 2.21. The molecule has 0 spiro atoms. The monoisotopic (exact) mass is 329 g/mol. The summed E-state index contributed by atoms with van der Waals surface area (Å²) in [6, 6.07) is 7.02. The quantitative estimate of drug-likeness (QED) is 0.537. The summed E-state index contributed by atoms with van der Waals surface area (Å²) in [4.78, 5) is 26.9. The topological polar surface area (TPSA) is 73.2 Å². The van der Waals surface area contributed by atoms with Crippen LogP contribution in [0.4, 0.5) is 0 Å². The number of nitrogens with zero attached hydrogens (tertiary/aromatic N) is 2. The van der Waals surface area contributed by atoms with Crippen molar-refractivity contribution in [3.05, 3.63) is 48.5 Å². The van der Waals surface area contributed by atoms with Crippen molar-refractivity contribution < 1.29 is 14.3 Å². The van der Waals surface area contributed by atoms with E-state index in [1.54, 1.807) is 36.8 Å². The number of hydrogen-bond acceptors (Lipinski definition) is 4. The van der Waals surface area contributed by atoms with Crippen LogP contribution >= 0.6 is 0 Å². The van der Waals surface area contributed by atoms with E-state index < -0.39 is 0 Å². The van der Waals surface area contributed by atoms with Gasteiger partial charge in [-0.15, -0.1) is 0 Å². The number of nitrogens with one attached hydrogen (secondary N) is 1. The van der Waals surface area contributed by atoms with E-state index in [9.17, 15) is 9.59 Å². The summed E-state index contributed by atoms with van der Waals surface area (Å²) in [5.74, 6) is 0.781. The van der Waals surface area contributed by atoms with E-state index in [1.807, 2.05) is 10.8 Å². The molecule has 0 saturated heterocycles. The Morgan fingerprint density at radius 3 is 2.67 bits per heavy atom. The molecule has 0 aliphatic heterocycles. The van der Waals surface area contributed by atoms with Crippen LogP contribution in [0, 0.1) is 0 Å². The van der Waals surface area contributed by atoms with E-state index in [2.05, 4.69) is 10.3 Å². The average molecular weight is 329 g/mol. The van der Waals surface area contributed by atoms with Crippen LogP contribution in [0.2, 0.25) is 0 Å². The first kappa shape index (κ1) is 17.7. The zero-order chi connectivity index (χ0) is 17.2. The molecule has 0 aliphatic rings. The number of ether oxygens (including phenoxy) is 1. The van der Waals surface area contributed by atoms with Crippen LogP contribution in [-0.4, -0.2) is 34.4 Å². The summed E-state index contributed by atoms with van der Waals surface area (Å²) >= 11 is 0. The van der Waals surface area contributed by atoms with Crippen molar-refractivity contribution in [1.29, 1.82) is 0 Å². The number of carbonyl (C=O) groups excluding carboxylic acids is 2. The lowest BCUT2D eigenvalue weighted by atomic mass is 10.1. The Labute approximate surface area is 141 Å². The van der Waals surface area contributed by atoms with Crippen LogP contribution < -0.4 is 10.1 Å². The number of aryl methyl sites for hydroxylation is 1. The van der Waals surface area contributed by atoms with Gasteiger partial charge in [0.2, 0.25) is 5.91 Å². The summed E-state index contributed by atoms with van der Waals surface area (Å²) < 4.78 is 7.55. The van der Waals surface area contributed by atoms with Gasteiger partial charge in [0.15, 0.2) is 5.78 Å². The summed E-state index contributed by atoms with van der Waals surface area (Å²) in [6.45, 7) is 3.51. The van der Waals surface area contributed by atoms with Crippen molar-refractivity contribution >= 4 is 11.7 Å². The molecular weight excluding hydrogens is 306 g/mol. The highest BCUT2D eigenvalue weighted by Gasteiger charge is 2.02. The number of amides is 1. The molecule has 1 amide bonds.